The number of nitrogens with one attached hydrogen (secondary N) is 3. The molecule has 0 saturated heterocycles. The van der Waals surface area contributed by atoms with Crippen molar-refractivity contribution in [2.24, 2.45) is 0 Å². The summed E-state index contributed by atoms with van der Waals surface area (Å²) in [6, 6.07) is 16.2. The first kappa shape index (κ1) is 19.9. The third-order valence-electron chi connectivity index (χ3n) is 3.97. The molecular formula is C21H23N3O3. The van der Waals surface area contributed by atoms with Gasteiger partial charge in [-0.1, -0.05) is 55.5 Å². The van der Waals surface area contributed by atoms with E-state index in [1.807, 2.05) is 37.3 Å². The van der Waals surface area contributed by atoms with E-state index in [2.05, 4.69) is 22.5 Å². The third-order valence-corrected chi connectivity index (χ3v) is 3.97. The maximum absolute atomic E-state index is 12.2. The smallest absolute Gasteiger partial charge is 0.313 e. The highest BCUT2D eigenvalue weighted by Gasteiger charge is 2.18. The van der Waals surface area contributed by atoms with Crippen LogP contribution in [0.25, 0.3) is 0 Å². The molecule has 27 heavy (non-hydrogen) atoms. The number of hydrogen-bond acceptors (Lipinski definition) is 3. The van der Waals surface area contributed by atoms with Gasteiger partial charge in [0, 0.05) is 13.1 Å². The first-order valence-electron chi connectivity index (χ1n) is 8.65. The van der Waals surface area contributed by atoms with Crippen molar-refractivity contribution in [1.82, 2.24) is 10.6 Å². The highest BCUT2D eigenvalue weighted by Crippen LogP contribution is 2.15. The maximum atomic E-state index is 12.2. The van der Waals surface area contributed by atoms with Crippen molar-refractivity contribution < 1.29 is 14.4 Å². The fourth-order valence-electron chi connectivity index (χ4n) is 2.45. The SMILES string of the molecule is C=CCNC(=O)c1ccccc1NC(=O)C(=O)NC[C@@H](C)c1ccccc1. The Morgan fingerprint density at radius 1 is 0.963 bits per heavy atom. The first-order chi connectivity index (χ1) is 13.0. The van der Waals surface area contributed by atoms with Crippen LogP contribution < -0.4 is 16.0 Å². The fraction of sp³-hybridized carbons (Fsp3) is 0.190. The summed E-state index contributed by atoms with van der Waals surface area (Å²) in [5, 5.41) is 7.75. The van der Waals surface area contributed by atoms with Crippen molar-refractivity contribution >= 4 is 23.4 Å². The molecular weight excluding hydrogens is 342 g/mol. The van der Waals surface area contributed by atoms with Gasteiger partial charge in [-0.3, -0.25) is 14.4 Å². The van der Waals surface area contributed by atoms with Crippen molar-refractivity contribution in [3.05, 3.63) is 78.4 Å². The van der Waals surface area contributed by atoms with Crippen LogP contribution in [0.15, 0.2) is 67.3 Å². The predicted molar refractivity (Wildman–Crippen MR) is 105 cm³/mol. The lowest BCUT2D eigenvalue weighted by Gasteiger charge is -2.14. The molecule has 1 atom stereocenters. The molecule has 2 rings (SSSR count). The van der Waals surface area contributed by atoms with Crippen LogP contribution in [-0.2, 0) is 9.59 Å². The second-order valence-corrected chi connectivity index (χ2v) is 6.02. The Kier molecular flexibility index (Phi) is 7.31. The zero-order chi connectivity index (χ0) is 19.6. The van der Waals surface area contributed by atoms with Crippen molar-refractivity contribution in [2.45, 2.75) is 12.8 Å². The zero-order valence-electron chi connectivity index (χ0n) is 15.2. The number of benzene rings is 2. The molecule has 3 N–H and O–H groups in total. The van der Waals surface area contributed by atoms with Crippen LogP contribution in [0.4, 0.5) is 5.69 Å². The number of para-hydroxylation sites is 1. The van der Waals surface area contributed by atoms with Gasteiger partial charge in [0.1, 0.15) is 0 Å². The Balaban J connectivity index is 1.95. The molecule has 0 heterocycles. The van der Waals surface area contributed by atoms with Gasteiger partial charge in [0.15, 0.2) is 0 Å². The van der Waals surface area contributed by atoms with Gasteiger partial charge >= 0.3 is 11.8 Å². The van der Waals surface area contributed by atoms with Gasteiger partial charge in [-0.2, -0.15) is 0 Å². The van der Waals surface area contributed by atoms with E-state index in [9.17, 15) is 14.4 Å². The maximum Gasteiger partial charge on any atom is 0.313 e. The number of amides is 3. The normalized spacial score (nSPS) is 11.1. The van der Waals surface area contributed by atoms with E-state index < -0.39 is 11.8 Å². The average Bonchev–Trinajstić information content (AvgIpc) is 2.70. The minimum Gasteiger partial charge on any atom is -0.349 e. The zero-order valence-corrected chi connectivity index (χ0v) is 15.2. The minimum absolute atomic E-state index is 0.0694. The Labute approximate surface area is 158 Å². The molecule has 2 aromatic rings. The van der Waals surface area contributed by atoms with E-state index in [1.165, 1.54) is 0 Å². The standard InChI is InChI=1S/C21H23N3O3/c1-3-13-22-19(25)17-11-7-8-12-18(17)24-21(27)20(26)23-14-15(2)16-9-5-4-6-10-16/h3-12,15H,1,13-14H2,2H3,(H,22,25)(H,23,26)(H,24,27)/t15-/m1/s1. The summed E-state index contributed by atoms with van der Waals surface area (Å²) in [6.07, 6.45) is 1.56. The monoisotopic (exact) mass is 365 g/mol. The number of rotatable bonds is 7. The number of anilines is 1. The van der Waals surface area contributed by atoms with Crippen molar-refractivity contribution in [3.63, 3.8) is 0 Å². The van der Waals surface area contributed by atoms with Crippen LogP contribution in [0.3, 0.4) is 0 Å². The molecule has 3 amide bonds. The summed E-state index contributed by atoms with van der Waals surface area (Å²) in [5.41, 5.74) is 1.62. The van der Waals surface area contributed by atoms with E-state index in [4.69, 9.17) is 0 Å². The van der Waals surface area contributed by atoms with Gasteiger partial charge in [-0.25, -0.2) is 0 Å². The van der Waals surface area contributed by atoms with Crippen molar-refractivity contribution in [2.75, 3.05) is 18.4 Å². The molecule has 0 aliphatic heterocycles. The summed E-state index contributed by atoms with van der Waals surface area (Å²) in [6.45, 7) is 6.14. The summed E-state index contributed by atoms with van der Waals surface area (Å²) in [7, 11) is 0. The van der Waals surface area contributed by atoms with E-state index in [1.54, 1.807) is 30.3 Å². The van der Waals surface area contributed by atoms with Crippen LogP contribution in [0.5, 0.6) is 0 Å². The Morgan fingerprint density at radius 2 is 1.63 bits per heavy atom. The Morgan fingerprint density at radius 3 is 2.33 bits per heavy atom. The molecule has 0 aromatic heterocycles. The van der Waals surface area contributed by atoms with Crippen LogP contribution >= 0.6 is 0 Å². The summed E-state index contributed by atoms with van der Waals surface area (Å²) < 4.78 is 0. The lowest BCUT2D eigenvalue weighted by molar-refractivity contribution is -0.136. The number of carbonyl (C=O) groups is 3. The molecule has 0 spiro atoms. The predicted octanol–water partition coefficient (Wildman–Crippen LogP) is 2.46. The first-order valence-corrected chi connectivity index (χ1v) is 8.65. The molecule has 0 fully saturated rings. The topological polar surface area (TPSA) is 87.3 Å². The molecule has 0 unspecified atom stereocenters. The second-order valence-electron chi connectivity index (χ2n) is 6.02. The van der Waals surface area contributed by atoms with Gasteiger partial charge in [-0.05, 0) is 23.6 Å². The molecule has 0 bridgehead atoms. The molecule has 0 aliphatic carbocycles. The minimum atomic E-state index is -0.820. The highest BCUT2D eigenvalue weighted by molar-refractivity contribution is 6.40. The van der Waals surface area contributed by atoms with E-state index in [-0.39, 0.29) is 23.1 Å². The number of hydrogen-bond donors (Lipinski definition) is 3. The number of carbonyl (C=O) groups excluding carboxylic acids is 3. The summed E-state index contributed by atoms with van der Waals surface area (Å²) in [5.74, 6) is -1.86. The lowest BCUT2D eigenvalue weighted by atomic mass is 10.0. The van der Waals surface area contributed by atoms with Gasteiger partial charge in [0.05, 0.1) is 11.3 Å². The van der Waals surface area contributed by atoms with Crippen LogP contribution in [-0.4, -0.2) is 30.8 Å². The van der Waals surface area contributed by atoms with E-state index in [0.29, 0.717) is 13.1 Å². The lowest BCUT2D eigenvalue weighted by Crippen LogP contribution is -2.37. The Hall–Kier alpha value is -3.41. The highest BCUT2D eigenvalue weighted by atomic mass is 16.2. The molecule has 2 aromatic carbocycles. The van der Waals surface area contributed by atoms with Crippen LogP contribution in [0, 0.1) is 0 Å². The largest absolute Gasteiger partial charge is 0.349 e. The Bertz CT molecular complexity index is 818. The van der Waals surface area contributed by atoms with Crippen LogP contribution in [0.2, 0.25) is 0 Å². The van der Waals surface area contributed by atoms with E-state index >= 15 is 0 Å². The molecule has 0 saturated carbocycles. The third kappa shape index (κ3) is 5.81. The van der Waals surface area contributed by atoms with E-state index in [0.717, 1.165) is 5.56 Å². The summed E-state index contributed by atoms with van der Waals surface area (Å²) in [4.78, 5) is 36.4. The van der Waals surface area contributed by atoms with Gasteiger partial charge in [0.25, 0.3) is 5.91 Å². The summed E-state index contributed by atoms with van der Waals surface area (Å²) >= 11 is 0. The molecule has 0 aliphatic rings. The second kappa shape index (κ2) is 9.91. The molecule has 6 heteroatoms. The quantitative estimate of drug-likeness (QED) is 0.520. The van der Waals surface area contributed by atoms with Crippen molar-refractivity contribution in [3.8, 4) is 0 Å². The molecule has 140 valence electrons. The molecule has 0 radical (unpaired) electrons. The molecule has 6 nitrogen and oxygen atoms in total. The average molecular weight is 365 g/mol. The van der Waals surface area contributed by atoms with Gasteiger partial charge in [0.2, 0.25) is 0 Å². The van der Waals surface area contributed by atoms with Gasteiger partial charge < -0.3 is 16.0 Å². The van der Waals surface area contributed by atoms with Crippen LogP contribution in [0.1, 0.15) is 28.8 Å². The fourth-order valence-corrected chi connectivity index (χ4v) is 2.45. The van der Waals surface area contributed by atoms with Gasteiger partial charge in [-0.15, -0.1) is 6.58 Å². The van der Waals surface area contributed by atoms with Crippen molar-refractivity contribution in [1.29, 1.82) is 0 Å².